The van der Waals surface area contributed by atoms with Crippen LogP contribution in [0.4, 0.5) is 11.4 Å². The first-order valence-electron chi connectivity index (χ1n) is 5.44. The van der Waals surface area contributed by atoms with E-state index in [-0.39, 0.29) is 11.6 Å². The number of rotatable bonds is 3. The summed E-state index contributed by atoms with van der Waals surface area (Å²) in [5.41, 5.74) is 5.90. The smallest absolute Gasteiger partial charge is 0.350 e. The Morgan fingerprint density at radius 2 is 1.65 bits per heavy atom. The van der Waals surface area contributed by atoms with Crippen molar-refractivity contribution in [3.63, 3.8) is 0 Å². The molecule has 20 heavy (non-hydrogen) atoms. The van der Waals surface area contributed by atoms with Crippen molar-refractivity contribution in [3.8, 4) is 11.8 Å². The average Bonchev–Trinajstić information content (AvgIpc) is 2.93. The minimum atomic E-state index is -0.536. The monoisotopic (exact) mass is 284 g/mol. The number of nitro groups is 1. The molecule has 10 heteroatoms. The third kappa shape index (κ3) is 3.16. The quantitative estimate of drug-likeness (QED) is 0.637. The Labute approximate surface area is 114 Å². The number of ether oxygens (including phenoxy) is 2. The second-order valence-electron chi connectivity index (χ2n) is 3.65. The van der Waals surface area contributed by atoms with Gasteiger partial charge in [0.2, 0.25) is 5.88 Å². The first kappa shape index (κ1) is 15.3. The van der Waals surface area contributed by atoms with Crippen LogP contribution in [0, 0.1) is 10.1 Å². The Morgan fingerprint density at radius 3 is 1.95 bits per heavy atom. The van der Waals surface area contributed by atoms with Crippen molar-refractivity contribution in [3.05, 3.63) is 22.5 Å². The van der Waals surface area contributed by atoms with Gasteiger partial charge < -0.3 is 15.2 Å². The molecule has 0 radical (unpaired) electrons. The lowest BCUT2D eigenvalue weighted by atomic mass is 10.6. The molecule has 0 saturated heterocycles. The molecule has 2 rings (SSSR count). The molecule has 0 fully saturated rings. The van der Waals surface area contributed by atoms with E-state index in [0.717, 1.165) is 6.20 Å². The van der Waals surface area contributed by atoms with Crippen LogP contribution in [0.5, 0.6) is 11.8 Å². The molecule has 10 nitrogen and oxygen atoms in total. The number of aryl methyl sites for hydroxylation is 2. The van der Waals surface area contributed by atoms with Gasteiger partial charge >= 0.3 is 5.69 Å². The van der Waals surface area contributed by atoms with Gasteiger partial charge in [-0.1, -0.05) is 0 Å². The molecule has 0 aromatic carbocycles. The summed E-state index contributed by atoms with van der Waals surface area (Å²) in [6.07, 6.45) is 2.71. The van der Waals surface area contributed by atoms with Crippen LogP contribution in [-0.4, -0.2) is 38.7 Å². The molecule has 0 saturated carbocycles. The van der Waals surface area contributed by atoms with E-state index in [4.69, 9.17) is 15.2 Å². The van der Waals surface area contributed by atoms with E-state index in [1.807, 2.05) is 0 Å². The Balaban J connectivity index is 0.000000204. The zero-order valence-corrected chi connectivity index (χ0v) is 11.6. The van der Waals surface area contributed by atoms with Gasteiger partial charge in [-0.15, -0.1) is 0 Å². The first-order valence-corrected chi connectivity index (χ1v) is 5.44. The van der Waals surface area contributed by atoms with Gasteiger partial charge in [0.25, 0.3) is 5.88 Å². The maximum atomic E-state index is 10.3. The van der Waals surface area contributed by atoms with E-state index in [2.05, 4.69) is 10.2 Å². The predicted molar refractivity (Wildman–Crippen MR) is 70.6 cm³/mol. The van der Waals surface area contributed by atoms with Crippen LogP contribution in [0.25, 0.3) is 0 Å². The van der Waals surface area contributed by atoms with Crippen LogP contribution in [0.15, 0.2) is 12.4 Å². The summed E-state index contributed by atoms with van der Waals surface area (Å²) in [5, 5.41) is 17.8. The lowest BCUT2D eigenvalue weighted by Crippen LogP contribution is -1.97. The van der Waals surface area contributed by atoms with Crippen LogP contribution in [0.1, 0.15) is 0 Å². The van der Waals surface area contributed by atoms with Crippen molar-refractivity contribution in [2.24, 2.45) is 14.1 Å². The molecular weight excluding hydrogens is 268 g/mol. The number of aromatic nitrogens is 4. The molecule has 0 amide bonds. The number of nitrogens with zero attached hydrogens (tertiary/aromatic N) is 5. The zero-order chi connectivity index (χ0) is 15.3. The van der Waals surface area contributed by atoms with Crippen molar-refractivity contribution in [1.29, 1.82) is 0 Å². The fraction of sp³-hybridized carbons (Fsp3) is 0.400. The molecule has 2 N–H and O–H groups in total. The van der Waals surface area contributed by atoms with Gasteiger partial charge in [0, 0.05) is 14.1 Å². The van der Waals surface area contributed by atoms with Crippen molar-refractivity contribution >= 4 is 11.4 Å². The Hall–Kier alpha value is -2.78. The maximum Gasteiger partial charge on any atom is 0.350 e. The SMILES string of the molecule is COc1c(N)cnn1C.COc1c([N+](=O)[O-])cnn1C. The van der Waals surface area contributed by atoms with Crippen LogP contribution in [0.2, 0.25) is 0 Å². The van der Waals surface area contributed by atoms with Crippen molar-refractivity contribution in [1.82, 2.24) is 19.6 Å². The van der Waals surface area contributed by atoms with E-state index in [9.17, 15) is 10.1 Å². The Kier molecular flexibility index (Phi) is 4.89. The van der Waals surface area contributed by atoms with Gasteiger partial charge in [0.05, 0.1) is 25.3 Å². The standard InChI is InChI=1S/C5H7N3O3.C5H9N3O/c1-7-5(11-2)4(3-6-7)8(9)10;1-8-5(9-2)4(6)3-7-8/h3H,1-2H3;3H,6H2,1-2H3. The van der Waals surface area contributed by atoms with Crippen molar-refractivity contribution < 1.29 is 14.4 Å². The molecule has 110 valence electrons. The molecule has 2 heterocycles. The van der Waals surface area contributed by atoms with E-state index in [1.165, 1.54) is 11.8 Å². The van der Waals surface area contributed by atoms with Crippen LogP contribution in [-0.2, 0) is 14.1 Å². The molecule has 0 aliphatic heterocycles. The number of nitrogen functional groups attached to an aromatic ring is 1. The molecule has 0 atom stereocenters. The number of methoxy groups -OCH3 is 2. The van der Waals surface area contributed by atoms with Crippen LogP contribution < -0.4 is 15.2 Å². The number of nitrogens with two attached hydrogens (primary N) is 1. The van der Waals surface area contributed by atoms with Crippen LogP contribution in [0.3, 0.4) is 0 Å². The summed E-state index contributed by atoms with van der Waals surface area (Å²) in [6, 6.07) is 0. The van der Waals surface area contributed by atoms with E-state index >= 15 is 0 Å². The van der Waals surface area contributed by atoms with Gasteiger partial charge in [0.1, 0.15) is 11.9 Å². The summed E-state index contributed by atoms with van der Waals surface area (Å²) >= 11 is 0. The second-order valence-corrected chi connectivity index (χ2v) is 3.65. The lowest BCUT2D eigenvalue weighted by Gasteiger charge is -1.98. The van der Waals surface area contributed by atoms with E-state index in [1.54, 1.807) is 32.1 Å². The highest BCUT2D eigenvalue weighted by Crippen LogP contribution is 2.24. The summed E-state index contributed by atoms with van der Waals surface area (Å²) < 4.78 is 12.5. The van der Waals surface area contributed by atoms with E-state index < -0.39 is 4.92 Å². The Bertz CT molecular complexity index is 571. The van der Waals surface area contributed by atoms with E-state index in [0.29, 0.717) is 11.6 Å². The maximum absolute atomic E-state index is 10.3. The molecule has 2 aromatic heterocycles. The normalized spacial score (nSPS) is 9.60. The lowest BCUT2D eigenvalue weighted by molar-refractivity contribution is -0.385. The Morgan fingerprint density at radius 1 is 1.15 bits per heavy atom. The molecule has 0 aliphatic rings. The molecule has 0 spiro atoms. The predicted octanol–water partition coefficient (Wildman–Crippen LogP) is 0.348. The number of anilines is 1. The number of hydrogen-bond donors (Lipinski definition) is 1. The van der Waals surface area contributed by atoms with Gasteiger partial charge in [-0.3, -0.25) is 10.1 Å². The summed E-state index contributed by atoms with van der Waals surface area (Å²) in [7, 11) is 6.28. The molecule has 0 aliphatic carbocycles. The molecule has 0 unspecified atom stereocenters. The first-order chi connectivity index (χ1) is 9.42. The van der Waals surface area contributed by atoms with Crippen LogP contribution >= 0.6 is 0 Å². The largest absolute Gasteiger partial charge is 0.480 e. The number of hydrogen-bond acceptors (Lipinski definition) is 7. The van der Waals surface area contributed by atoms with Gasteiger partial charge in [0.15, 0.2) is 0 Å². The summed E-state index contributed by atoms with van der Waals surface area (Å²) in [6.45, 7) is 0. The average molecular weight is 284 g/mol. The van der Waals surface area contributed by atoms with Gasteiger partial charge in [-0.2, -0.15) is 10.2 Å². The third-order valence-corrected chi connectivity index (χ3v) is 2.36. The second kappa shape index (κ2) is 6.41. The fourth-order valence-electron chi connectivity index (χ4n) is 1.47. The molecule has 2 aromatic rings. The fourth-order valence-corrected chi connectivity index (χ4v) is 1.47. The van der Waals surface area contributed by atoms with Crippen molar-refractivity contribution in [2.75, 3.05) is 20.0 Å². The highest BCUT2D eigenvalue weighted by atomic mass is 16.6. The molecular formula is C10H16N6O4. The topological polar surface area (TPSA) is 123 Å². The highest BCUT2D eigenvalue weighted by molar-refractivity contribution is 5.45. The van der Waals surface area contributed by atoms with Crippen molar-refractivity contribution in [2.45, 2.75) is 0 Å². The summed E-state index contributed by atoms with van der Waals surface area (Å²) in [5.74, 6) is 0.769. The highest BCUT2D eigenvalue weighted by Gasteiger charge is 2.18. The zero-order valence-electron chi connectivity index (χ0n) is 11.6. The minimum absolute atomic E-state index is 0.116. The third-order valence-electron chi connectivity index (χ3n) is 2.36. The molecule has 0 bridgehead atoms. The minimum Gasteiger partial charge on any atom is -0.480 e. The van der Waals surface area contributed by atoms with Gasteiger partial charge in [-0.25, -0.2) is 9.36 Å². The van der Waals surface area contributed by atoms with Gasteiger partial charge in [-0.05, 0) is 0 Å². The summed E-state index contributed by atoms with van der Waals surface area (Å²) in [4.78, 5) is 9.73.